The van der Waals surface area contributed by atoms with Gasteiger partial charge in [0, 0.05) is 19.6 Å². The summed E-state index contributed by atoms with van der Waals surface area (Å²) in [5.41, 5.74) is 0.678. The quantitative estimate of drug-likeness (QED) is 0.874. The normalized spacial score (nSPS) is 22.1. The van der Waals surface area contributed by atoms with Gasteiger partial charge in [-0.3, -0.25) is 9.58 Å². The maximum absolute atomic E-state index is 10.6. The van der Waals surface area contributed by atoms with E-state index in [0.29, 0.717) is 17.3 Å². The van der Waals surface area contributed by atoms with Gasteiger partial charge in [-0.25, -0.2) is 0 Å². The smallest absolute Gasteiger partial charge is 0.124 e. The molecule has 0 saturated carbocycles. The Balaban J connectivity index is 2.10. The lowest BCUT2D eigenvalue weighted by Gasteiger charge is -2.35. The Morgan fingerprint density at radius 3 is 2.90 bits per heavy atom. The summed E-state index contributed by atoms with van der Waals surface area (Å²) in [5, 5.41) is 15.4. The fourth-order valence-corrected chi connectivity index (χ4v) is 2.93. The summed E-state index contributed by atoms with van der Waals surface area (Å²) in [5.74, 6) is 0. The Kier molecular flexibility index (Phi) is 5.84. The summed E-state index contributed by atoms with van der Waals surface area (Å²) in [6, 6.07) is 0. The standard InChI is InChI=1S/C14H24ClN3O2/c1-3-5-17-7-8-20-12(10-17)14(19)13-11(15)9-16-18(13)6-4-2/h9,12,14,19H,3-8,10H2,1-2H3. The number of aliphatic hydroxyl groups is 1. The molecule has 0 aromatic carbocycles. The molecule has 2 heterocycles. The maximum Gasteiger partial charge on any atom is 0.124 e. The molecule has 1 saturated heterocycles. The molecule has 114 valence electrons. The molecule has 5 nitrogen and oxygen atoms in total. The average Bonchev–Trinajstić information content (AvgIpc) is 2.80. The van der Waals surface area contributed by atoms with E-state index in [0.717, 1.165) is 39.0 Å². The van der Waals surface area contributed by atoms with Crippen LogP contribution >= 0.6 is 11.6 Å². The zero-order chi connectivity index (χ0) is 14.5. The van der Waals surface area contributed by atoms with Crippen molar-refractivity contribution in [1.82, 2.24) is 14.7 Å². The molecule has 2 rings (SSSR count). The van der Waals surface area contributed by atoms with Crippen molar-refractivity contribution in [2.45, 2.75) is 45.4 Å². The number of rotatable bonds is 6. The second-order valence-corrected chi connectivity index (χ2v) is 5.66. The Labute approximate surface area is 125 Å². The van der Waals surface area contributed by atoms with Crippen molar-refractivity contribution in [2.24, 2.45) is 0 Å². The van der Waals surface area contributed by atoms with E-state index in [1.807, 2.05) is 0 Å². The second kappa shape index (κ2) is 7.41. The average molecular weight is 302 g/mol. The lowest BCUT2D eigenvalue weighted by Crippen LogP contribution is -2.45. The maximum atomic E-state index is 10.6. The van der Waals surface area contributed by atoms with Crippen LogP contribution in [0, 0.1) is 0 Å². The molecule has 0 amide bonds. The van der Waals surface area contributed by atoms with Crippen LogP contribution in [0.3, 0.4) is 0 Å². The summed E-state index contributed by atoms with van der Waals surface area (Å²) < 4.78 is 7.52. The van der Waals surface area contributed by atoms with Crippen LogP contribution in [0.5, 0.6) is 0 Å². The van der Waals surface area contributed by atoms with Gasteiger partial charge in [0.1, 0.15) is 12.2 Å². The molecule has 2 atom stereocenters. The molecule has 0 aliphatic carbocycles. The molecule has 1 aliphatic rings. The highest BCUT2D eigenvalue weighted by molar-refractivity contribution is 6.31. The molecule has 1 aromatic heterocycles. The number of nitrogens with zero attached hydrogens (tertiary/aromatic N) is 3. The predicted octanol–water partition coefficient (Wildman–Crippen LogP) is 2.09. The van der Waals surface area contributed by atoms with Gasteiger partial charge in [-0.1, -0.05) is 25.4 Å². The van der Waals surface area contributed by atoms with E-state index in [-0.39, 0.29) is 6.10 Å². The first-order valence-electron chi connectivity index (χ1n) is 7.40. The van der Waals surface area contributed by atoms with E-state index < -0.39 is 6.10 Å². The lowest BCUT2D eigenvalue weighted by molar-refractivity contribution is -0.0921. The highest BCUT2D eigenvalue weighted by Gasteiger charge is 2.31. The third kappa shape index (κ3) is 3.52. The molecule has 2 unspecified atom stereocenters. The van der Waals surface area contributed by atoms with Crippen molar-refractivity contribution >= 4 is 11.6 Å². The first-order valence-corrected chi connectivity index (χ1v) is 7.78. The largest absolute Gasteiger partial charge is 0.384 e. The van der Waals surface area contributed by atoms with Crippen LogP contribution in [0.1, 0.15) is 38.5 Å². The molecule has 0 bridgehead atoms. The van der Waals surface area contributed by atoms with Crippen LogP contribution in [0.15, 0.2) is 6.20 Å². The van der Waals surface area contributed by atoms with E-state index in [1.54, 1.807) is 10.9 Å². The van der Waals surface area contributed by atoms with Crippen LogP contribution in [0.2, 0.25) is 5.02 Å². The van der Waals surface area contributed by atoms with Crippen LogP contribution in [0.25, 0.3) is 0 Å². The number of aliphatic hydroxyl groups excluding tert-OH is 1. The van der Waals surface area contributed by atoms with Crippen molar-refractivity contribution in [1.29, 1.82) is 0 Å². The molecule has 1 aliphatic heterocycles. The number of morpholine rings is 1. The van der Waals surface area contributed by atoms with Gasteiger partial charge in [-0.15, -0.1) is 0 Å². The molecular formula is C14H24ClN3O2. The Morgan fingerprint density at radius 1 is 1.45 bits per heavy atom. The molecule has 20 heavy (non-hydrogen) atoms. The van der Waals surface area contributed by atoms with Gasteiger partial charge in [0.05, 0.1) is 23.5 Å². The first kappa shape index (κ1) is 15.8. The number of hydrogen-bond acceptors (Lipinski definition) is 4. The first-order chi connectivity index (χ1) is 9.67. The van der Waals surface area contributed by atoms with Crippen molar-refractivity contribution in [3.05, 3.63) is 16.9 Å². The van der Waals surface area contributed by atoms with Gasteiger partial charge < -0.3 is 9.84 Å². The number of aromatic nitrogens is 2. The van der Waals surface area contributed by atoms with Gasteiger partial charge in [-0.05, 0) is 19.4 Å². The lowest BCUT2D eigenvalue weighted by atomic mass is 10.1. The minimum Gasteiger partial charge on any atom is -0.384 e. The predicted molar refractivity (Wildman–Crippen MR) is 79.0 cm³/mol. The van der Waals surface area contributed by atoms with E-state index >= 15 is 0 Å². The van der Waals surface area contributed by atoms with Crippen molar-refractivity contribution in [3.63, 3.8) is 0 Å². The van der Waals surface area contributed by atoms with Gasteiger partial charge in [0.25, 0.3) is 0 Å². The molecule has 1 fully saturated rings. The summed E-state index contributed by atoms with van der Waals surface area (Å²) in [4.78, 5) is 2.33. The minimum atomic E-state index is -0.726. The highest BCUT2D eigenvalue weighted by atomic mass is 35.5. The Hall–Kier alpha value is -0.620. The molecule has 0 radical (unpaired) electrons. The van der Waals surface area contributed by atoms with Crippen molar-refractivity contribution < 1.29 is 9.84 Å². The Bertz CT molecular complexity index is 423. The van der Waals surface area contributed by atoms with E-state index in [9.17, 15) is 5.11 Å². The summed E-state index contributed by atoms with van der Waals surface area (Å²) in [6.07, 6.45) is 2.70. The van der Waals surface area contributed by atoms with E-state index in [1.165, 1.54) is 0 Å². The van der Waals surface area contributed by atoms with Crippen LogP contribution < -0.4 is 0 Å². The molecular weight excluding hydrogens is 278 g/mol. The molecule has 0 spiro atoms. The fourth-order valence-electron chi connectivity index (χ4n) is 2.67. The SMILES string of the molecule is CCCN1CCOC(C(O)c2c(Cl)cnn2CCC)C1. The molecule has 1 N–H and O–H groups in total. The third-order valence-corrected chi connectivity index (χ3v) is 3.91. The van der Waals surface area contributed by atoms with Crippen LogP contribution in [-0.4, -0.2) is 52.1 Å². The molecule has 6 heteroatoms. The Morgan fingerprint density at radius 2 is 2.20 bits per heavy atom. The molecule has 1 aromatic rings. The third-order valence-electron chi connectivity index (χ3n) is 3.62. The van der Waals surface area contributed by atoms with Crippen molar-refractivity contribution in [3.8, 4) is 0 Å². The number of aryl methyl sites for hydroxylation is 1. The number of hydrogen-bond donors (Lipinski definition) is 1. The van der Waals surface area contributed by atoms with Gasteiger partial charge in [-0.2, -0.15) is 5.10 Å². The van der Waals surface area contributed by atoms with E-state index in [2.05, 4.69) is 23.8 Å². The summed E-state index contributed by atoms with van der Waals surface area (Å²) in [6.45, 7) is 8.35. The topological polar surface area (TPSA) is 50.5 Å². The van der Waals surface area contributed by atoms with Crippen molar-refractivity contribution in [2.75, 3.05) is 26.2 Å². The fraction of sp³-hybridized carbons (Fsp3) is 0.786. The zero-order valence-electron chi connectivity index (χ0n) is 12.3. The number of ether oxygens (including phenoxy) is 1. The zero-order valence-corrected chi connectivity index (χ0v) is 13.0. The minimum absolute atomic E-state index is 0.236. The van der Waals surface area contributed by atoms with Crippen LogP contribution in [-0.2, 0) is 11.3 Å². The monoisotopic (exact) mass is 301 g/mol. The number of halogens is 1. The van der Waals surface area contributed by atoms with Crippen LogP contribution in [0.4, 0.5) is 0 Å². The van der Waals surface area contributed by atoms with Gasteiger partial charge in [0.2, 0.25) is 0 Å². The van der Waals surface area contributed by atoms with E-state index in [4.69, 9.17) is 16.3 Å². The summed E-state index contributed by atoms with van der Waals surface area (Å²) >= 11 is 6.18. The second-order valence-electron chi connectivity index (χ2n) is 5.26. The summed E-state index contributed by atoms with van der Waals surface area (Å²) in [7, 11) is 0. The highest BCUT2D eigenvalue weighted by Crippen LogP contribution is 2.28. The van der Waals surface area contributed by atoms with Gasteiger partial charge in [0.15, 0.2) is 0 Å². The van der Waals surface area contributed by atoms with Gasteiger partial charge >= 0.3 is 0 Å².